The maximum absolute atomic E-state index is 12.9. The molecule has 11 nitrogen and oxygen atoms in total. The molecule has 166 valence electrons. The average molecular weight is 456 g/mol. The number of nitrogens with two attached hydrogens (primary N) is 1. The molecule has 3 N–H and O–H groups in total. The number of nitrogen functional groups attached to an aromatic ring is 1. The van der Waals surface area contributed by atoms with Crippen LogP contribution in [-0.4, -0.2) is 40.3 Å². The van der Waals surface area contributed by atoms with Crippen molar-refractivity contribution < 1.29 is 4.79 Å². The largest absolute Gasteiger partial charge is 0.384 e. The molecule has 0 saturated heterocycles. The van der Waals surface area contributed by atoms with Gasteiger partial charge in [-0.1, -0.05) is 37.7 Å². The number of aryl methyl sites for hydroxylation is 1. The van der Waals surface area contributed by atoms with E-state index in [4.69, 9.17) is 5.73 Å². The predicted octanol–water partition coefficient (Wildman–Crippen LogP) is 0.644. The van der Waals surface area contributed by atoms with E-state index in [0.717, 1.165) is 11.8 Å². The number of aromatic amines is 1. The van der Waals surface area contributed by atoms with Crippen LogP contribution in [0.1, 0.15) is 24.2 Å². The van der Waals surface area contributed by atoms with Crippen LogP contribution >= 0.6 is 11.8 Å². The molecule has 12 heteroatoms. The second-order valence-electron chi connectivity index (χ2n) is 7.74. The third kappa shape index (κ3) is 3.51. The first kappa shape index (κ1) is 21.6. The molecule has 0 saturated carbocycles. The molecule has 0 radical (unpaired) electrons. The smallest absolute Gasteiger partial charge is 0.329 e. The number of nitrogens with one attached hydrogen (secondary N) is 1. The first-order valence-corrected chi connectivity index (χ1v) is 10.8. The lowest BCUT2D eigenvalue weighted by Crippen LogP contribution is -2.37. The molecule has 3 aromatic heterocycles. The number of rotatable bonds is 6. The van der Waals surface area contributed by atoms with Crippen LogP contribution in [0.25, 0.3) is 16.7 Å². The van der Waals surface area contributed by atoms with Crippen LogP contribution in [-0.2, 0) is 13.6 Å². The molecule has 0 aliphatic rings. The number of para-hydroxylation sites is 1. The molecule has 0 atom stereocenters. The standard InChI is InChI=1S/C20H21N7O4S/c1-10(2)8-26-15(21)14(16(29)22-19(26)31)13(28)9-32-20-24-23-18-25(3)17(30)11-6-4-5-7-12(11)27(18)20/h4-7,10H,8-9,21H2,1-3H3,(H,22,29,31). The van der Waals surface area contributed by atoms with Crippen molar-refractivity contribution in [2.24, 2.45) is 13.0 Å². The highest BCUT2D eigenvalue weighted by Gasteiger charge is 2.22. The number of Topliss-reactive ketones (excluding diaryl/α,β-unsaturated/α-hetero) is 1. The van der Waals surface area contributed by atoms with Gasteiger partial charge in [-0.15, -0.1) is 10.2 Å². The van der Waals surface area contributed by atoms with Crippen LogP contribution in [0.15, 0.2) is 43.8 Å². The second kappa shape index (κ2) is 8.11. The lowest BCUT2D eigenvalue weighted by molar-refractivity contribution is 0.102. The topological polar surface area (TPSA) is 150 Å². The molecular weight excluding hydrogens is 434 g/mol. The highest BCUT2D eigenvalue weighted by Crippen LogP contribution is 2.22. The summed E-state index contributed by atoms with van der Waals surface area (Å²) in [5.41, 5.74) is 4.69. The van der Waals surface area contributed by atoms with E-state index in [9.17, 15) is 19.2 Å². The Morgan fingerprint density at radius 2 is 1.91 bits per heavy atom. The number of anilines is 1. The first-order valence-electron chi connectivity index (χ1n) is 9.82. The molecule has 4 aromatic rings. The summed E-state index contributed by atoms with van der Waals surface area (Å²) < 4.78 is 4.26. The van der Waals surface area contributed by atoms with Crippen molar-refractivity contribution in [2.45, 2.75) is 25.5 Å². The molecule has 0 bridgehead atoms. The van der Waals surface area contributed by atoms with Gasteiger partial charge >= 0.3 is 5.69 Å². The van der Waals surface area contributed by atoms with Crippen molar-refractivity contribution >= 4 is 40.0 Å². The monoisotopic (exact) mass is 455 g/mol. The molecule has 0 fully saturated rings. The van der Waals surface area contributed by atoms with Gasteiger partial charge in [0.15, 0.2) is 10.9 Å². The number of benzene rings is 1. The van der Waals surface area contributed by atoms with Gasteiger partial charge in [0.05, 0.1) is 16.7 Å². The van der Waals surface area contributed by atoms with E-state index < -0.39 is 17.0 Å². The Morgan fingerprint density at radius 1 is 1.19 bits per heavy atom. The molecule has 1 aromatic carbocycles. The fourth-order valence-electron chi connectivity index (χ4n) is 3.51. The number of aromatic nitrogens is 6. The highest BCUT2D eigenvalue weighted by atomic mass is 32.2. The summed E-state index contributed by atoms with van der Waals surface area (Å²) in [5.74, 6) is -0.452. The number of hydrogen-bond donors (Lipinski definition) is 2. The number of carbonyl (C=O) groups is 1. The number of thioether (sulfide) groups is 1. The quantitative estimate of drug-likeness (QED) is 0.318. The van der Waals surface area contributed by atoms with Crippen molar-refractivity contribution in [2.75, 3.05) is 11.5 Å². The molecule has 4 rings (SSSR count). The first-order chi connectivity index (χ1) is 15.2. The summed E-state index contributed by atoms with van der Waals surface area (Å²) >= 11 is 1.06. The number of carbonyl (C=O) groups excluding carboxylic acids is 1. The summed E-state index contributed by atoms with van der Waals surface area (Å²) in [6.07, 6.45) is 0. The molecule has 0 spiro atoms. The minimum Gasteiger partial charge on any atom is -0.384 e. The van der Waals surface area contributed by atoms with E-state index in [1.807, 2.05) is 13.8 Å². The van der Waals surface area contributed by atoms with E-state index >= 15 is 0 Å². The Balaban J connectivity index is 1.73. The van der Waals surface area contributed by atoms with Gasteiger partial charge < -0.3 is 5.73 Å². The number of fused-ring (bicyclic) bond motifs is 3. The van der Waals surface area contributed by atoms with Crippen LogP contribution in [0.4, 0.5) is 5.82 Å². The minimum absolute atomic E-state index is 0.0838. The van der Waals surface area contributed by atoms with Gasteiger partial charge in [-0.2, -0.15) is 0 Å². The molecular formula is C20H21N7O4S. The normalized spacial score (nSPS) is 11.6. The Labute approximate surface area is 184 Å². The molecule has 0 aliphatic heterocycles. The van der Waals surface area contributed by atoms with Gasteiger partial charge in [0, 0.05) is 13.6 Å². The van der Waals surface area contributed by atoms with E-state index in [1.165, 1.54) is 9.13 Å². The van der Waals surface area contributed by atoms with E-state index in [1.54, 1.807) is 35.7 Å². The Bertz CT molecular complexity index is 1540. The lowest BCUT2D eigenvalue weighted by atomic mass is 10.2. The lowest BCUT2D eigenvalue weighted by Gasteiger charge is -2.13. The maximum atomic E-state index is 12.9. The van der Waals surface area contributed by atoms with Crippen molar-refractivity contribution in [3.8, 4) is 0 Å². The Morgan fingerprint density at radius 3 is 2.62 bits per heavy atom. The van der Waals surface area contributed by atoms with Gasteiger partial charge in [0.25, 0.3) is 11.1 Å². The van der Waals surface area contributed by atoms with Crippen LogP contribution in [0.2, 0.25) is 0 Å². The molecule has 0 aliphatic carbocycles. The van der Waals surface area contributed by atoms with Crippen molar-refractivity contribution in [1.29, 1.82) is 0 Å². The van der Waals surface area contributed by atoms with Crippen molar-refractivity contribution in [3.63, 3.8) is 0 Å². The zero-order chi connectivity index (χ0) is 23.2. The van der Waals surface area contributed by atoms with E-state index in [0.29, 0.717) is 21.8 Å². The fourth-order valence-corrected chi connectivity index (χ4v) is 4.32. The fraction of sp³-hybridized carbons (Fsp3) is 0.300. The van der Waals surface area contributed by atoms with Gasteiger partial charge in [0.1, 0.15) is 11.4 Å². The SMILES string of the molecule is CC(C)Cn1c(N)c(C(=O)CSc2nnc3n(C)c(=O)c4ccccc4n23)c(=O)[nH]c1=O. The van der Waals surface area contributed by atoms with Gasteiger partial charge in [-0.25, -0.2) is 4.79 Å². The van der Waals surface area contributed by atoms with Gasteiger partial charge in [0.2, 0.25) is 5.78 Å². The summed E-state index contributed by atoms with van der Waals surface area (Å²) in [6.45, 7) is 4.05. The predicted molar refractivity (Wildman–Crippen MR) is 121 cm³/mol. The zero-order valence-electron chi connectivity index (χ0n) is 17.7. The van der Waals surface area contributed by atoms with Crippen molar-refractivity contribution in [3.05, 3.63) is 61.0 Å². The maximum Gasteiger partial charge on any atom is 0.329 e. The number of hydrogen-bond acceptors (Lipinski definition) is 8. The molecule has 3 heterocycles. The van der Waals surface area contributed by atoms with Crippen LogP contribution in [0.5, 0.6) is 0 Å². The van der Waals surface area contributed by atoms with Crippen LogP contribution in [0, 0.1) is 5.92 Å². The summed E-state index contributed by atoms with van der Waals surface area (Å²) in [6, 6.07) is 7.02. The Hall–Kier alpha value is -3.67. The summed E-state index contributed by atoms with van der Waals surface area (Å²) in [4.78, 5) is 52.1. The van der Waals surface area contributed by atoms with E-state index in [2.05, 4.69) is 15.2 Å². The summed E-state index contributed by atoms with van der Waals surface area (Å²) in [5, 5.41) is 9.06. The van der Waals surface area contributed by atoms with Gasteiger partial charge in [-0.05, 0) is 18.1 Å². The number of ketones is 1. The number of H-pyrrole nitrogens is 1. The Kier molecular flexibility index (Phi) is 5.46. The molecule has 0 amide bonds. The van der Waals surface area contributed by atoms with Crippen molar-refractivity contribution in [1.82, 2.24) is 28.7 Å². The number of nitrogens with zero attached hydrogens (tertiary/aromatic N) is 5. The molecule has 32 heavy (non-hydrogen) atoms. The zero-order valence-corrected chi connectivity index (χ0v) is 18.5. The highest BCUT2D eigenvalue weighted by molar-refractivity contribution is 7.99. The third-order valence-electron chi connectivity index (χ3n) is 4.99. The molecule has 0 unspecified atom stereocenters. The summed E-state index contributed by atoms with van der Waals surface area (Å²) in [7, 11) is 1.59. The third-order valence-corrected chi connectivity index (χ3v) is 5.92. The second-order valence-corrected chi connectivity index (χ2v) is 8.68. The van der Waals surface area contributed by atoms with Crippen LogP contribution < -0.4 is 22.5 Å². The average Bonchev–Trinajstić information content (AvgIpc) is 3.17. The van der Waals surface area contributed by atoms with Crippen LogP contribution in [0.3, 0.4) is 0 Å². The van der Waals surface area contributed by atoms with E-state index in [-0.39, 0.29) is 35.2 Å². The van der Waals surface area contributed by atoms with Gasteiger partial charge in [-0.3, -0.25) is 32.9 Å². The minimum atomic E-state index is -0.822.